The molecule has 140 valence electrons. The lowest BCUT2D eigenvalue weighted by Crippen LogP contribution is -2.50. The molecule has 0 N–H and O–H groups in total. The minimum atomic E-state index is -3.63. The molecule has 1 heterocycles. The van der Waals surface area contributed by atoms with Gasteiger partial charge in [-0.3, -0.25) is 0 Å². The SMILES string of the molecule is COC(=O)N1CCN(S(=O)(=O)c2cc(C(C)C)c(OC)cc2C)CC1. The zero-order chi connectivity index (χ0) is 18.8. The average Bonchev–Trinajstić information content (AvgIpc) is 2.60. The zero-order valence-electron chi connectivity index (χ0n) is 15.4. The van der Waals surface area contributed by atoms with Gasteiger partial charge in [0.25, 0.3) is 0 Å². The number of amides is 1. The molecule has 25 heavy (non-hydrogen) atoms. The molecule has 0 aromatic heterocycles. The lowest BCUT2D eigenvalue weighted by atomic mass is 10.0. The van der Waals surface area contributed by atoms with Gasteiger partial charge in [-0.2, -0.15) is 4.31 Å². The summed E-state index contributed by atoms with van der Waals surface area (Å²) in [5.74, 6) is 0.836. The number of carbonyl (C=O) groups excluding carboxylic acids is 1. The number of ether oxygens (including phenoxy) is 2. The summed E-state index contributed by atoms with van der Waals surface area (Å²) in [5.41, 5.74) is 1.51. The van der Waals surface area contributed by atoms with Crippen molar-refractivity contribution in [3.63, 3.8) is 0 Å². The van der Waals surface area contributed by atoms with Gasteiger partial charge in [0.1, 0.15) is 5.75 Å². The van der Waals surface area contributed by atoms with Crippen LogP contribution in [0.2, 0.25) is 0 Å². The van der Waals surface area contributed by atoms with Crippen molar-refractivity contribution in [2.75, 3.05) is 40.4 Å². The van der Waals surface area contributed by atoms with Gasteiger partial charge in [-0.25, -0.2) is 13.2 Å². The Morgan fingerprint density at radius 2 is 1.72 bits per heavy atom. The number of hydrogen-bond donors (Lipinski definition) is 0. The topological polar surface area (TPSA) is 76.2 Å². The second-order valence-corrected chi connectivity index (χ2v) is 8.28. The summed E-state index contributed by atoms with van der Waals surface area (Å²) >= 11 is 0. The maximum absolute atomic E-state index is 13.1. The van der Waals surface area contributed by atoms with Crippen LogP contribution in [0.1, 0.15) is 30.9 Å². The van der Waals surface area contributed by atoms with Crippen molar-refractivity contribution in [3.05, 3.63) is 23.3 Å². The van der Waals surface area contributed by atoms with E-state index in [-0.39, 0.29) is 19.0 Å². The van der Waals surface area contributed by atoms with Crippen molar-refractivity contribution in [3.8, 4) is 5.75 Å². The Morgan fingerprint density at radius 1 is 1.12 bits per heavy atom. The number of rotatable bonds is 4. The molecule has 1 aromatic carbocycles. The molecule has 0 spiro atoms. The monoisotopic (exact) mass is 370 g/mol. The molecule has 8 heteroatoms. The van der Waals surface area contributed by atoms with Gasteiger partial charge in [0.05, 0.1) is 19.1 Å². The number of benzene rings is 1. The summed E-state index contributed by atoms with van der Waals surface area (Å²) in [4.78, 5) is 13.4. The molecule has 0 radical (unpaired) electrons. The Labute approximate surface area is 149 Å². The molecule has 1 aromatic rings. The molecule has 1 fully saturated rings. The van der Waals surface area contributed by atoms with Crippen LogP contribution in [-0.2, 0) is 14.8 Å². The normalized spacial score (nSPS) is 16.2. The van der Waals surface area contributed by atoms with E-state index in [4.69, 9.17) is 4.74 Å². The predicted molar refractivity (Wildman–Crippen MR) is 94.6 cm³/mol. The Balaban J connectivity index is 2.31. The fourth-order valence-corrected chi connectivity index (χ4v) is 4.63. The average molecular weight is 370 g/mol. The van der Waals surface area contributed by atoms with Crippen LogP contribution in [0.3, 0.4) is 0 Å². The van der Waals surface area contributed by atoms with Crippen molar-refractivity contribution in [2.45, 2.75) is 31.6 Å². The summed E-state index contributed by atoms with van der Waals surface area (Å²) in [6.45, 7) is 6.90. The maximum atomic E-state index is 13.1. The summed E-state index contributed by atoms with van der Waals surface area (Å²) in [5, 5.41) is 0. The van der Waals surface area contributed by atoms with Gasteiger partial charge in [0.2, 0.25) is 10.0 Å². The van der Waals surface area contributed by atoms with Gasteiger partial charge < -0.3 is 14.4 Å². The molecular weight excluding hydrogens is 344 g/mol. The number of methoxy groups -OCH3 is 2. The molecule has 0 aliphatic carbocycles. The van der Waals surface area contributed by atoms with Crippen LogP contribution in [0.25, 0.3) is 0 Å². The lowest BCUT2D eigenvalue weighted by Gasteiger charge is -2.33. The van der Waals surface area contributed by atoms with Crippen LogP contribution in [0, 0.1) is 6.92 Å². The minimum Gasteiger partial charge on any atom is -0.496 e. The maximum Gasteiger partial charge on any atom is 0.409 e. The molecule has 1 amide bonds. The number of piperazine rings is 1. The van der Waals surface area contributed by atoms with Crippen LogP contribution >= 0.6 is 0 Å². The Hall–Kier alpha value is -1.80. The summed E-state index contributed by atoms with van der Waals surface area (Å²) in [6.07, 6.45) is -0.431. The van der Waals surface area contributed by atoms with E-state index < -0.39 is 16.1 Å². The van der Waals surface area contributed by atoms with Crippen LogP contribution < -0.4 is 4.74 Å². The van der Waals surface area contributed by atoms with Crippen molar-refractivity contribution >= 4 is 16.1 Å². The Morgan fingerprint density at radius 3 is 2.20 bits per heavy atom. The van der Waals surface area contributed by atoms with Gasteiger partial charge in [0, 0.05) is 26.2 Å². The molecule has 1 aliphatic rings. The largest absolute Gasteiger partial charge is 0.496 e. The molecule has 7 nitrogen and oxygen atoms in total. The van der Waals surface area contributed by atoms with Gasteiger partial charge >= 0.3 is 6.09 Å². The standard InChI is InChI=1S/C17H26N2O5S/c1-12(2)14-11-16(13(3)10-15(14)23-4)25(21,22)19-8-6-18(7-9-19)17(20)24-5/h10-12H,6-9H2,1-5H3. The predicted octanol–water partition coefficient (Wildman–Crippen LogP) is 2.20. The van der Waals surface area contributed by atoms with Crippen molar-refractivity contribution in [1.29, 1.82) is 0 Å². The number of aryl methyl sites for hydroxylation is 1. The second-order valence-electron chi connectivity index (χ2n) is 6.38. The van der Waals surface area contributed by atoms with E-state index in [1.54, 1.807) is 26.2 Å². The van der Waals surface area contributed by atoms with E-state index in [9.17, 15) is 13.2 Å². The molecule has 0 unspecified atom stereocenters. The fourth-order valence-electron chi connectivity index (χ4n) is 2.96. The molecule has 1 saturated heterocycles. The summed E-state index contributed by atoms with van der Waals surface area (Å²) in [6, 6.07) is 3.48. The van der Waals surface area contributed by atoms with E-state index in [2.05, 4.69) is 4.74 Å². The number of nitrogens with zero attached hydrogens (tertiary/aromatic N) is 2. The summed E-state index contributed by atoms with van der Waals surface area (Å²) in [7, 11) is -0.727. The van der Waals surface area contributed by atoms with Crippen LogP contribution in [0.4, 0.5) is 4.79 Å². The lowest BCUT2D eigenvalue weighted by molar-refractivity contribution is 0.108. The number of sulfonamides is 1. The van der Waals surface area contributed by atoms with Crippen LogP contribution in [0.5, 0.6) is 5.75 Å². The first-order valence-corrected chi connectivity index (χ1v) is 9.68. The molecule has 2 rings (SSSR count). The zero-order valence-corrected chi connectivity index (χ0v) is 16.2. The van der Waals surface area contributed by atoms with Gasteiger partial charge in [0.15, 0.2) is 0 Å². The first kappa shape index (κ1) is 19.5. The van der Waals surface area contributed by atoms with E-state index in [0.717, 1.165) is 5.56 Å². The highest BCUT2D eigenvalue weighted by molar-refractivity contribution is 7.89. The molecule has 1 aliphatic heterocycles. The van der Waals surface area contributed by atoms with Crippen molar-refractivity contribution in [1.82, 2.24) is 9.21 Å². The highest BCUT2D eigenvalue weighted by Gasteiger charge is 2.32. The number of carbonyl (C=O) groups is 1. The van der Waals surface area contributed by atoms with Gasteiger partial charge in [-0.1, -0.05) is 13.8 Å². The van der Waals surface area contributed by atoms with Crippen molar-refractivity contribution in [2.24, 2.45) is 0 Å². The smallest absolute Gasteiger partial charge is 0.409 e. The van der Waals surface area contributed by atoms with E-state index >= 15 is 0 Å². The molecule has 0 bridgehead atoms. The molecule has 0 saturated carbocycles. The highest BCUT2D eigenvalue weighted by Crippen LogP contribution is 2.33. The Kier molecular flexibility index (Phi) is 5.95. The molecular formula is C17H26N2O5S. The van der Waals surface area contributed by atoms with Gasteiger partial charge in [-0.15, -0.1) is 0 Å². The molecule has 0 atom stereocenters. The fraction of sp³-hybridized carbons (Fsp3) is 0.588. The van der Waals surface area contributed by atoms with E-state index in [1.165, 1.54) is 16.3 Å². The first-order valence-electron chi connectivity index (χ1n) is 8.24. The third-order valence-corrected chi connectivity index (χ3v) is 6.48. The van der Waals surface area contributed by atoms with E-state index in [0.29, 0.717) is 29.3 Å². The second kappa shape index (κ2) is 7.61. The van der Waals surface area contributed by atoms with Crippen molar-refractivity contribution < 1.29 is 22.7 Å². The minimum absolute atomic E-state index is 0.140. The van der Waals surface area contributed by atoms with Crippen LogP contribution in [0.15, 0.2) is 17.0 Å². The quantitative estimate of drug-likeness (QED) is 0.812. The third kappa shape index (κ3) is 3.90. The first-order chi connectivity index (χ1) is 11.7. The summed E-state index contributed by atoms with van der Waals surface area (Å²) < 4.78 is 37.7. The Bertz CT molecular complexity index is 738. The third-order valence-electron chi connectivity index (χ3n) is 4.44. The van der Waals surface area contributed by atoms with E-state index in [1.807, 2.05) is 13.8 Å². The van der Waals surface area contributed by atoms with Gasteiger partial charge in [-0.05, 0) is 36.1 Å². The number of hydrogen-bond acceptors (Lipinski definition) is 5. The van der Waals surface area contributed by atoms with Crippen LogP contribution in [-0.4, -0.2) is 64.1 Å². The highest BCUT2D eigenvalue weighted by atomic mass is 32.2.